The largest absolute Gasteiger partial charge is 0.495 e. The van der Waals surface area contributed by atoms with Crippen LogP contribution >= 0.6 is 22.9 Å². The number of furan rings is 1. The molecule has 2 amide bonds. The van der Waals surface area contributed by atoms with Crippen LogP contribution in [0.3, 0.4) is 0 Å². The van der Waals surface area contributed by atoms with Crippen LogP contribution < -0.4 is 15.4 Å². The lowest BCUT2D eigenvalue weighted by atomic mass is 10.2. The van der Waals surface area contributed by atoms with E-state index in [-0.39, 0.29) is 18.1 Å². The molecule has 2 aromatic heterocycles. The van der Waals surface area contributed by atoms with Crippen LogP contribution in [0.25, 0.3) is 0 Å². The number of carbonyl (C=O) groups is 2. The fraction of sp³-hybridized carbons (Fsp3) is 0.118. The summed E-state index contributed by atoms with van der Waals surface area (Å²) in [5, 5.41) is 7.86. The number of rotatable bonds is 6. The summed E-state index contributed by atoms with van der Waals surface area (Å²) in [5.74, 6) is 0.0747. The van der Waals surface area contributed by atoms with Crippen LogP contribution in [-0.4, -0.2) is 23.9 Å². The van der Waals surface area contributed by atoms with E-state index in [0.29, 0.717) is 27.3 Å². The van der Waals surface area contributed by atoms with Crippen molar-refractivity contribution in [1.82, 2.24) is 4.98 Å². The third-order valence-electron chi connectivity index (χ3n) is 3.29. The molecule has 7 nitrogen and oxygen atoms in total. The molecule has 2 N–H and O–H groups in total. The average Bonchev–Trinajstić information content (AvgIpc) is 3.27. The molecule has 0 radical (unpaired) electrons. The molecule has 0 aliphatic carbocycles. The number of carbonyl (C=O) groups excluding carboxylic acids is 2. The van der Waals surface area contributed by atoms with Gasteiger partial charge in [0.2, 0.25) is 5.91 Å². The lowest BCUT2D eigenvalue weighted by Crippen LogP contribution is -2.15. The van der Waals surface area contributed by atoms with E-state index >= 15 is 0 Å². The Kier molecular flexibility index (Phi) is 5.55. The first kappa shape index (κ1) is 18.0. The van der Waals surface area contributed by atoms with Gasteiger partial charge in [-0.3, -0.25) is 14.9 Å². The number of nitrogens with one attached hydrogen (secondary N) is 2. The summed E-state index contributed by atoms with van der Waals surface area (Å²) in [6.45, 7) is 0. The van der Waals surface area contributed by atoms with Crippen LogP contribution in [-0.2, 0) is 11.2 Å². The molecule has 9 heteroatoms. The lowest BCUT2D eigenvalue weighted by molar-refractivity contribution is -0.115. The molecule has 0 aliphatic heterocycles. The quantitative estimate of drug-likeness (QED) is 0.666. The van der Waals surface area contributed by atoms with Gasteiger partial charge in [0.25, 0.3) is 5.91 Å². The molecule has 3 rings (SSSR count). The SMILES string of the molecule is COc1ccc(NC(=O)Cc2csc(NC(=O)c3ccco3)n2)cc1Cl. The highest BCUT2D eigenvalue weighted by Crippen LogP contribution is 2.27. The van der Waals surface area contributed by atoms with E-state index < -0.39 is 5.91 Å². The van der Waals surface area contributed by atoms with Crippen LogP contribution in [0.15, 0.2) is 46.4 Å². The average molecular weight is 392 g/mol. The smallest absolute Gasteiger partial charge is 0.293 e. The molecule has 0 fully saturated rings. The summed E-state index contributed by atoms with van der Waals surface area (Å²) >= 11 is 7.26. The molecule has 134 valence electrons. The Hall–Kier alpha value is -2.84. The first-order valence-electron chi connectivity index (χ1n) is 7.48. The minimum Gasteiger partial charge on any atom is -0.495 e. The van der Waals surface area contributed by atoms with Gasteiger partial charge in [-0.25, -0.2) is 4.98 Å². The minimum atomic E-state index is -0.395. The molecule has 1 aromatic carbocycles. The molecule has 0 spiro atoms. The maximum absolute atomic E-state index is 12.1. The van der Waals surface area contributed by atoms with Crippen molar-refractivity contribution >= 4 is 45.6 Å². The number of nitrogens with zero attached hydrogens (tertiary/aromatic N) is 1. The summed E-state index contributed by atoms with van der Waals surface area (Å²) in [6.07, 6.45) is 1.48. The molecule has 0 saturated carbocycles. The van der Waals surface area contributed by atoms with Gasteiger partial charge in [0.1, 0.15) is 5.75 Å². The normalized spacial score (nSPS) is 10.4. The number of methoxy groups -OCH3 is 1. The van der Waals surface area contributed by atoms with Crippen LogP contribution in [0.4, 0.5) is 10.8 Å². The molecule has 0 aliphatic rings. The Labute approximate surface area is 157 Å². The van der Waals surface area contributed by atoms with Gasteiger partial charge < -0.3 is 14.5 Å². The van der Waals surface area contributed by atoms with E-state index in [0.717, 1.165) is 0 Å². The first-order chi connectivity index (χ1) is 12.5. The van der Waals surface area contributed by atoms with Crippen molar-refractivity contribution in [3.8, 4) is 5.75 Å². The second kappa shape index (κ2) is 8.03. The van der Waals surface area contributed by atoms with E-state index in [2.05, 4.69) is 15.6 Å². The van der Waals surface area contributed by atoms with Gasteiger partial charge in [-0.1, -0.05) is 11.6 Å². The topological polar surface area (TPSA) is 93.5 Å². The molecule has 0 unspecified atom stereocenters. The summed E-state index contributed by atoms with van der Waals surface area (Å²) in [6, 6.07) is 8.14. The fourth-order valence-electron chi connectivity index (χ4n) is 2.13. The van der Waals surface area contributed by atoms with Crippen LogP contribution in [0.5, 0.6) is 5.75 Å². The van der Waals surface area contributed by atoms with E-state index in [1.165, 1.54) is 24.7 Å². The summed E-state index contributed by atoms with van der Waals surface area (Å²) < 4.78 is 10.1. The van der Waals surface area contributed by atoms with Crippen molar-refractivity contribution in [2.24, 2.45) is 0 Å². The number of amides is 2. The Morgan fingerprint density at radius 1 is 1.31 bits per heavy atom. The van der Waals surface area contributed by atoms with Crippen LogP contribution in [0, 0.1) is 0 Å². The summed E-state index contributed by atoms with van der Waals surface area (Å²) in [7, 11) is 1.52. The highest BCUT2D eigenvalue weighted by atomic mass is 35.5. The number of anilines is 2. The number of hydrogen-bond donors (Lipinski definition) is 2. The second-order valence-corrected chi connectivity index (χ2v) is 6.42. The summed E-state index contributed by atoms with van der Waals surface area (Å²) in [5.41, 5.74) is 1.10. The van der Waals surface area contributed by atoms with Crippen LogP contribution in [0.1, 0.15) is 16.2 Å². The number of halogens is 1. The van der Waals surface area contributed by atoms with Crippen LogP contribution in [0.2, 0.25) is 5.02 Å². The highest BCUT2D eigenvalue weighted by Gasteiger charge is 2.13. The standard InChI is InChI=1S/C17H14ClN3O4S/c1-24-13-5-4-10(7-12(13)18)19-15(22)8-11-9-26-17(20-11)21-16(23)14-3-2-6-25-14/h2-7,9H,8H2,1H3,(H,19,22)(H,20,21,23). The van der Waals surface area contributed by atoms with Gasteiger partial charge in [0.15, 0.2) is 10.9 Å². The zero-order valence-electron chi connectivity index (χ0n) is 13.6. The van der Waals surface area contributed by atoms with E-state index in [4.69, 9.17) is 20.8 Å². The molecular formula is C17H14ClN3O4S. The van der Waals surface area contributed by atoms with Crippen molar-refractivity contribution in [3.63, 3.8) is 0 Å². The van der Waals surface area contributed by atoms with Gasteiger partial charge in [-0.15, -0.1) is 11.3 Å². The van der Waals surface area contributed by atoms with Gasteiger partial charge in [0.05, 0.1) is 30.5 Å². The predicted octanol–water partition coefficient (Wildman–Crippen LogP) is 3.83. The highest BCUT2D eigenvalue weighted by molar-refractivity contribution is 7.14. The number of hydrogen-bond acceptors (Lipinski definition) is 6. The Morgan fingerprint density at radius 2 is 2.15 bits per heavy atom. The first-order valence-corrected chi connectivity index (χ1v) is 8.73. The molecular weight excluding hydrogens is 378 g/mol. The molecule has 0 bridgehead atoms. The van der Waals surface area contributed by atoms with E-state index in [1.54, 1.807) is 35.7 Å². The predicted molar refractivity (Wildman–Crippen MR) is 99.1 cm³/mol. The van der Waals surface area contributed by atoms with Gasteiger partial charge in [-0.2, -0.15) is 0 Å². The fourth-order valence-corrected chi connectivity index (χ4v) is 3.09. The van der Waals surface area contributed by atoms with E-state index in [1.807, 2.05) is 0 Å². The monoisotopic (exact) mass is 391 g/mol. The Balaban J connectivity index is 1.57. The summed E-state index contributed by atoms with van der Waals surface area (Å²) in [4.78, 5) is 28.3. The van der Waals surface area contributed by atoms with Crippen molar-refractivity contribution in [2.45, 2.75) is 6.42 Å². The van der Waals surface area contributed by atoms with E-state index in [9.17, 15) is 9.59 Å². The van der Waals surface area contributed by atoms with Crippen molar-refractivity contribution in [1.29, 1.82) is 0 Å². The minimum absolute atomic E-state index is 0.0662. The zero-order chi connectivity index (χ0) is 18.5. The maximum Gasteiger partial charge on any atom is 0.293 e. The van der Waals surface area contributed by atoms with Crippen molar-refractivity contribution < 1.29 is 18.7 Å². The van der Waals surface area contributed by atoms with Crippen molar-refractivity contribution in [3.05, 3.63) is 58.5 Å². The van der Waals surface area contributed by atoms with Gasteiger partial charge >= 0.3 is 0 Å². The third-order valence-corrected chi connectivity index (χ3v) is 4.40. The van der Waals surface area contributed by atoms with Gasteiger partial charge in [0, 0.05) is 11.1 Å². The van der Waals surface area contributed by atoms with Gasteiger partial charge in [-0.05, 0) is 30.3 Å². The molecule has 0 saturated heterocycles. The third kappa shape index (κ3) is 4.41. The molecule has 26 heavy (non-hydrogen) atoms. The zero-order valence-corrected chi connectivity index (χ0v) is 15.2. The lowest BCUT2D eigenvalue weighted by Gasteiger charge is -2.07. The molecule has 2 heterocycles. The number of ether oxygens (including phenoxy) is 1. The number of benzene rings is 1. The second-order valence-electron chi connectivity index (χ2n) is 5.15. The number of aromatic nitrogens is 1. The van der Waals surface area contributed by atoms with Crippen molar-refractivity contribution in [2.75, 3.05) is 17.7 Å². The maximum atomic E-state index is 12.1. The number of thiazole rings is 1. The molecule has 3 aromatic rings. The Morgan fingerprint density at radius 3 is 2.85 bits per heavy atom. The Bertz CT molecular complexity index is 924. The molecule has 0 atom stereocenters.